The zero-order valence-corrected chi connectivity index (χ0v) is 21.9. The van der Waals surface area contributed by atoms with E-state index in [-0.39, 0.29) is 23.8 Å². The van der Waals surface area contributed by atoms with Gasteiger partial charge in [-0.05, 0) is 58.4 Å². The standard InChI is InChI=1S/C27H43N3O4/c1-18(2)16-22(29-26(33)34-27(4,5)6)25(32)30(7)23(20-13-11-12-19(3)17-20)24(31)28-21-14-9-8-10-15-21/h11-13,17-18,21-23H,8-10,14-16H2,1-7H3,(H,28,31)(H,29,33). The summed E-state index contributed by atoms with van der Waals surface area (Å²) in [6.07, 6.45) is 5.11. The Bertz CT molecular complexity index is 841. The molecule has 7 heteroatoms. The van der Waals surface area contributed by atoms with Gasteiger partial charge in [0.1, 0.15) is 17.7 Å². The van der Waals surface area contributed by atoms with E-state index in [2.05, 4.69) is 10.6 Å². The number of benzene rings is 1. The van der Waals surface area contributed by atoms with Crippen molar-refractivity contribution in [2.45, 2.75) is 104 Å². The normalized spacial score (nSPS) is 16.5. The van der Waals surface area contributed by atoms with Crippen LogP contribution in [-0.2, 0) is 14.3 Å². The smallest absolute Gasteiger partial charge is 0.408 e. The molecule has 1 aliphatic rings. The quantitative estimate of drug-likeness (QED) is 0.563. The van der Waals surface area contributed by atoms with Crippen molar-refractivity contribution in [3.05, 3.63) is 35.4 Å². The van der Waals surface area contributed by atoms with Gasteiger partial charge in [0.05, 0.1) is 0 Å². The molecule has 2 N–H and O–H groups in total. The van der Waals surface area contributed by atoms with Gasteiger partial charge in [0.2, 0.25) is 11.8 Å². The molecule has 0 aromatic heterocycles. The third kappa shape index (κ3) is 8.65. The number of alkyl carbamates (subject to hydrolysis) is 1. The van der Waals surface area contributed by atoms with Crippen LogP contribution in [0.5, 0.6) is 0 Å². The monoisotopic (exact) mass is 473 g/mol. The molecule has 1 fully saturated rings. The summed E-state index contributed by atoms with van der Waals surface area (Å²) in [7, 11) is 1.64. The summed E-state index contributed by atoms with van der Waals surface area (Å²) in [5, 5.41) is 5.92. The summed E-state index contributed by atoms with van der Waals surface area (Å²) in [5.74, 6) is -0.343. The lowest BCUT2D eigenvalue weighted by molar-refractivity contribution is -0.141. The third-order valence-corrected chi connectivity index (χ3v) is 5.99. The van der Waals surface area contributed by atoms with Gasteiger partial charge in [-0.3, -0.25) is 9.59 Å². The van der Waals surface area contributed by atoms with Crippen molar-refractivity contribution in [1.29, 1.82) is 0 Å². The SMILES string of the molecule is Cc1cccc(C(C(=O)NC2CCCCC2)N(C)C(=O)C(CC(C)C)NC(=O)OC(C)(C)C)c1. The van der Waals surface area contributed by atoms with E-state index in [1.54, 1.807) is 27.8 Å². The molecule has 0 saturated heterocycles. The molecule has 190 valence electrons. The van der Waals surface area contributed by atoms with Crippen molar-refractivity contribution in [3.8, 4) is 0 Å². The van der Waals surface area contributed by atoms with Gasteiger partial charge in [-0.1, -0.05) is 62.9 Å². The van der Waals surface area contributed by atoms with Crippen LogP contribution in [0.25, 0.3) is 0 Å². The molecule has 0 bridgehead atoms. The number of hydrogen-bond donors (Lipinski definition) is 2. The molecule has 0 spiro atoms. The molecule has 2 rings (SSSR count). The van der Waals surface area contributed by atoms with Gasteiger partial charge < -0.3 is 20.3 Å². The molecule has 3 amide bonds. The van der Waals surface area contributed by atoms with Crippen LogP contribution in [0.2, 0.25) is 0 Å². The van der Waals surface area contributed by atoms with Crippen LogP contribution in [-0.4, -0.2) is 47.5 Å². The van der Waals surface area contributed by atoms with E-state index >= 15 is 0 Å². The second-order valence-electron chi connectivity index (χ2n) is 10.9. The summed E-state index contributed by atoms with van der Waals surface area (Å²) >= 11 is 0. The van der Waals surface area contributed by atoms with Crippen LogP contribution in [0.1, 0.15) is 90.3 Å². The minimum atomic E-state index is -0.797. The molecule has 1 aromatic carbocycles. The Morgan fingerprint density at radius 1 is 1.12 bits per heavy atom. The summed E-state index contributed by atoms with van der Waals surface area (Å²) in [4.78, 5) is 41.1. The molecule has 1 saturated carbocycles. The third-order valence-electron chi connectivity index (χ3n) is 5.99. The number of hydrogen-bond acceptors (Lipinski definition) is 4. The Balaban J connectivity index is 2.29. The van der Waals surface area contributed by atoms with Gasteiger partial charge in [0.25, 0.3) is 0 Å². The number of ether oxygens (including phenoxy) is 1. The van der Waals surface area contributed by atoms with E-state index in [9.17, 15) is 14.4 Å². The molecule has 34 heavy (non-hydrogen) atoms. The molecule has 7 nitrogen and oxygen atoms in total. The molecule has 0 heterocycles. The number of rotatable bonds is 8. The number of nitrogens with zero attached hydrogens (tertiary/aromatic N) is 1. The maximum absolute atomic E-state index is 13.7. The minimum Gasteiger partial charge on any atom is -0.444 e. The minimum absolute atomic E-state index is 0.128. The van der Waals surface area contributed by atoms with Crippen LogP contribution in [0.4, 0.5) is 4.79 Å². The number of nitrogens with one attached hydrogen (secondary N) is 2. The van der Waals surface area contributed by atoms with Gasteiger partial charge in [-0.25, -0.2) is 4.79 Å². The molecule has 1 aliphatic carbocycles. The molecular formula is C27H43N3O4. The Morgan fingerprint density at radius 3 is 2.32 bits per heavy atom. The van der Waals surface area contributed by atoms with E-state index in [0.29, 0.717) is 6.42 Å². The number of likely N-dealkylation sites (N-methyl/N-ethyl adjacent to an activating group) is 1. The van der Waals surface area contributed by atoms with Crippen molar-refractivity contribution in [1.82, 2.24) is 15.5 Å². The van der Waals surface area contributed by atoms with Gasteiger partial charge in [0.15, 0.2) is 0 Å². The van der Waals surface area contributed by atoms with Crippen molar-refractivity contribution >= 4 is 17.9 Å². The maximum Gasteiger partial charge on any atom is 0.408 e. The summed E-state index contributed by atoms with van der Waals surface area (Å²) in [5.41, 5.74) is 1.09. The second-order valence-corrected chi connectivity index (χ2v) is 10.9. The van der Waals surface area contributed by atoms with Crippen molar-refractivity contribution in [3.63, 3.8) is 0 Å². The highest BCUT2D eigenvalue weighted by atomic mass is 16.6. The molecule has 2 unspecified atom stereocenters. The number of aryl methyl sites for hydroxylation is 1. The van der Waals surface area contributed by atoms with E-state index in [0.717, 1.165) is 36.8 Å². The zero-order valence-electron chi connectivity index (χ0n) is 21.9. The molecular weight excluding hydrogens is 430 g/mol. The van der Waals surface area contributed by atoms with Gasteiger partial charge in [0, 0.05) is 13.1 Å². The topological polar surface area (TPSA) is 87.7 Å². The van der Waals surface area contributed by atoms with Crippen LogP contribution in [0, 0.1) is 12.8 Å². The fourth-order valence-corrected chi connectivity index (χ4v) is 4.43. The predicted octanol–water partition coefficient (Wildman–Crippen LogP) is 4.88. The van der Waals surface area contributed by atoms with Gasteiger partial charge in [-0.2, -0.15) is 0 Å². The zero-order chi connectivity index (χ0) is 25.5. The summed E-state index contributed by atoms with van der Waals surface area (Å²) in [6.45, 7) is 11.3. The first-order valence-electron chi connectivity index (χ1n) is 12.5. The molecule has 0 radical (unpaired) electrons. The van der Waals surface area contributed by atoms with Crippen LogP contribution in [0.3, 0.4) is 0 Å². The Hall–Kier alpha value is -2.57. The van der Waals surface area contributed by atoms with E-state index < -0.39 is 23.8 Å². The Labute approximate surface area is 205 Å². The lowest BCUT2D eigenvalue weighted by Gasteiger charge is -2.33. The van der Waals surface area contributed by atoms with Crippen LogP contribution >= 0.6 is 0 Å². The number of carbonyl (C=O) groups is 3. The average molecular weight is 474 g/mol. The maximum atomic E-state index is 13.7. The first kappa shape index (κ1) is 27.7. The fraction of sp³-hybridized carbons (Fsp3) is 0.667. The predicted molar refractivity (Wildman–Crippen MR) is 134 cm³/mol. The fourth-order valence-electron chi connectivity index (χ4n) is 4.43. The highest BCUT2D eigenvalue weighted by Crippen LogP contribution is 2.25. The second kappa shape index (κ2) is 12.2. The van der Waals surface area contributed by atoms with Crippen molar-refractivity contribution in [2.75, 3.05) is 7.05 Å². The van der Waals surface area contributed by atoms with Gasteiger partial charge in [-0.15, -0.1) is 0 Å². The lowest BCUT2D eigenvalue weighted by Crippen LogP contribution is -2.53. The van der Waals surface area contributed by atoms with E-state index in [4.69, 9.17) is 4.74 Å². The van der Waals surface area contributed by atoms with E-state index in [1.807, 2.05) is 45.0 Å². The summed E-state index contributed by atoms with van der Waals surface area (Å²) in [6, 6.07) is 6.22. The highest BCUT2D eigenvalue weighted by molar-refractivity contribution is 5.92. The molecule has 1 aromatic rings. The van der Waals surface area contributed by atoms with Crippen molar-refractivity contribution < 1.29 is 19.1 Å². The first-order chi connectivity index (χ1) is 15.9. The molecule has 2 atom stereocenters. The van der Waals surface area contributed by atoms with Crippen LogP contribution < -0.4 is 10.6 Å². The average Bonchev–Trinajstić information content (AvgIpc) is 2.72. The lowest BCUT2D eigenvalue weighted by atomic mass is 9.94. The van der Waals surface area contributed by atoms with Crippen LogP contribution in [0.15, 0.2) is 24.3 Å². The Kier molecular flexibility index (Phi) is 9.95. The largest absolute Gasteiger partial charge is 0.444 e. The van der Waals surface area contributed by atoms with Gasteiger partial charge >= 0.3 is 6.09 Å². The highest BCUT2D eigenvalue weighted by Gasteiger charge is 2.35. The van der Waals surface area contributed by atoms with Crippen molar-refractivity contribution in [2.24, 2.45) is 5.92 Å². The Morgan fingerprint density at radius 2 is 1.76 bits per heavy atom. The first-order valence-corrected chi connectivity index (χ1v) is 12.5. The number of carbonyl (C=O) groups excluding carboxylic acids is 3. The molecule has 0 aliphatic heterocycles. The number of amides is 3. The van der Waals surface area contributed by atoms with E-state index in [1.165, 1.54) is 11.3 Å². The summed E-state index contributed by atoms with van der Waals surface area (Å²) < 4.78 is 5.39.